The first kappa shape index (κ1) is 30.5. The van der Waals surface area contributed by atoms with Crippen LogP contribution in [0.15, 0.2) is 35.2 Å². The quantitative estimate of drug-likeness (QED) is 0.103. The van der Waals surface area contributed by atoms with E-state index in [-0.39, 0.29) is 34.6 Å². The number of carbonyl (C=O) groups excluding carboxylic acids is 2. The summed E-state index contributed by atoms with van der Waals surface area (Å²) in [5.41, 5.74) is -0.361. The molecule has 5 fully saturated rings. The second-order valence-electron chi connectivity index (χ2n) is 12.5. The van der Waals surface area contributed by atoms with Crippen LogP contribution in [0.3, 0.4) is 0 Å². The highest BCUT2D eigenvalue weighted by Gasteiger charge is 2.63. The molecule has 5 aliphatic rings. The third kappa shape index (κ3) is 6.08. The molecule has 2 unspecified atom stereocenters. The molecule has 0 aromatic heterocycles. The standard InChI is InChI=1S/C30H31I3O7S/c31-20-9-23(26(33)24(32)10-20)27(34)40-30-14-17-8-18(15-30)13-29(12-17,16-30)28(35)39-21-6-7-25(41(36,37)38)22(11-21)19-4-2-1-3-5-19/h6-7,9-11,17-19H,1-5,8,12-16H2,(H,36,37,38). The fraction of sp³-hybridized carbons (Fsp3) is 0.533. The van der Waals surface area contributed by atoms with Crippen LogP contribution in [0.4, 0.5) is 0 Å². The normalized spacial score (nSPS) is 29.4. The average Bonchev–Trinajstić information content (AvgIpc) is 2.89. The number of benzene rings is 2. The number of esters is 2. The van der Waals surface area contributed by atoms with Crippen molar-refractivity contribution in [3.8, 4) is 5.75 Å². The van der Waals surface area contributed by atoms with E-state index in [9.17, 15) is 22.6 Å². The predicted octanol–water partition coefficient (Wildman–Crippen LogP) is 7.90. The number of carbonyl (C=O) groups is 2. The van der Waals surface area contributed by atoms with Gasteiger partial charge in [-0.05, 0) is 166 Å². The Kier molecular flexibility index (Phi) is 8.51. The molecule has 0 aliphatic heterocycles. The number of hydrogen-bond acceptors (Lipinski definition) is 6. The van der Waals surface area contributed by atoms with Crippen molar-refractivity contribution in [2.75, 3.05) is 0 Å². The van der Waals surface area contributed by atoms with E-state index in [1.165, 1.54) is 12.1 Å². The Morgan fingerprint density at radius 3 is 2.27 bits per heavy atom. The molecular weight excluding hydrogens is 885 g/mol. The monoisotopic (exact) mass is 916 g/mol. The van der Waals surface area contributed by atoms with Crippen LogP contribution in [-0.4, -0.2) is 30.5 Å². The number of rotatable bonds is 6. The highest BCUT2D eigenvalue weighted by Crippen LogP contribution is 2.63. The van der Waals surface area contributed by atoms with E-state index < -0.39 is 21.1 Å². The second-order valence-corrected chi connectivity index (χ2v) is 17.3. The Balaban J connectivity index is 1.26. The molecular formula is C30H31I3O7S. The lowest BCUT2D eigenvalue weighted by molar-refractivity contribution is -0.189. The lowest BCUT2D eigenvalue weighted by Crippen LogP contribution is -2.60. The maximum Gasteiger partial charge on any atom is 0.339 e. The fourth-order valence-corrected chi connectivity index (χ4v) is 11.4. The Labute approximate surface area is 281 Å². The van der Waals surface area contributed by atoms with Gasteiger partial charge in [-0.3, -0.25) is 9.35 Å². The summed E-state index contributed by atoms with van der Waals surface area (Å²) < 4.78 is 49.4. The van der Waals surface area contributed by atoms with Gasteiger partial charge in [0.05, 0.1) is 15.9 Å². The van der Waals surface area contributed by atoms with Gasteiger partial charge in [0.2, 0.25) is 0 Å². The zero-order chi connectivity index (χ0) is 29.2. The third-order valence-electron chi connectivity index (χ3n) is 9.48. The number of hydrogen-bond donors (Lipinski definition) is 1. The molecule has 11 heteroatoms. The van der Waals surface area contributed by atoms with E-state index in [2.05, 4.69) is 67.8 Å². The van der Waals surface area contributed by atoms with Crippen molar-refractivity contribution in [2.45, 2.75) is 87.0 Å². The highest BCUT2D eigenvalue weighted by atomic mass is 127. The van der Waals surface area contributed by atoms with E-state index in [4.69, 9.17) is 9.47 Å². The maximum atomic E-state index is 13.9. The molecule has 0 radical (unpaired) electrons. The molecule has 4 bridgehead atoms. The summed E-state index contributed by atoms with van der Waals surface area (Å²) in [7, 11) is -4.41. The molecule has 0 amide bonds. The molecule has 0 heterocycles. The molecule has 1 N–H and O–H groups in total. The van der Waals surface area contributed by atoms with Crippen LogP contribution in [-0.2, 0) is 19.6 Å². The van der Waals surface area contributed by atoms with Crippen LogP contribution >= 0.6 is 67.8 Å². The minimum Gasteiger partial charge on any atom is -0.455 e. The first-order chi connectivity index (χ1) is 19.4. The van der Waals surface area contributed by atoms with Crippen molar-refractivity contribution in [3.63, 3.8) is 0 Å². The summed E-state index contributed by atoms with van der Waals surface area (Å²) in [6.45, 7) is 0. The first-order valence-electron chi connectivity index (χ1n) is 14.1. The lowest BCUT2D eigenvalue weighted by Gasteiger charge is -2.59. The van der Waals surface area contributed by atoms with Crippen molar-refractivity contribution in [3.05, 3.63) is 52.2 Å². The van der Waals surface area contributed by atoms with Gasteiger partial charge >= 0.3 is 11.9 Å². The molecule has 220 valence electrons. The number of ether oxygens (including phenoxy) is 2. The first-order valence-corrected chi connectivity index (χ1v) is 18.8. The van der Waals surface area contributed by atoms with Crippen LogP contribution in [0, 0.1) is 28.0 Å². The number of halogens is 3. The van der Waals surface area contributed by atoms with Crippen molar-refractivity contribution in [2.24, 2.45) is 17.3 Å². The van der Waals surface area contributed by atoms with E-state index in [0.29, 0.717) is 36.1 Å². The summed E-state index contributed by atoms with van der Waals surface area (Å²) in [6, 6.07) is 8.34. The molecule has 7 nitrogen and oxygen atoms in total. The molecule has 5 saturated carbocycles. The van der Waals surface area contributed by atoms with E-state index in [1.807, 2.05) is 12.1 Å². The Morgan fingerprint density at radius 1 is 0.927 bits per heavy atom. The van der Waals surface area contributed by atoms with Crippen LogP contribution in [0.1, 0.15) is 92.5 Å². The van der Waals surface area contributed by atoms with E-state index in [0.717, 1.165) is 62.1 Å². The highest BCUT2D eigenvalue weighted by molar-refractivity contribution is 14.1. The molecule has 0 saturated heterocycles. The van der Waals surface area contributed by atoms with Crippen molar-refractivity contribution in [1.82, 2.24) is 0 Å². The molecule has 5 aliphatic carbocycles. The van der Waals surface area contributed by atoms with Gasteiger partial charge in [-0.25, -0.2) is 4.79 Å². The molecule has 41 heavy (non-hydrogen) atoms. The predicted molar refractivity (Wildman–Crippen MR) is 178 cm³/mol. The molecule has 0 spiro atoms. The van der Waals surface area contributed by atoms with Gasteiger partial charge in [0.1, 0.15) is 11.4 Å². The van der Waals surface area contributed by atoms with Gasteiger partial charge < -0.3 is 9.47 Å². The smallest absolute Gasteiger partial charge is 0.339 e. The topological polar surface area (TPSA) is 107 Å². The maximum absolute atomic E-state index is 13.9. The summed E-state index contributed by atoms with van der Waals surface area (Å²) in [5, 5.41) is 0. The van der Waals surface area contributed by atoms with Gasteiger partial charge in [0, 0.05) is 17.1 Å². The average molecular weight is 916 g/mol. The summed E-state index contributed by atoms with van der Waals surface area (Å²) in [5.74, 6) is 0.188. The van der Waals surface area contributed by atoms with Gasteiger partial charge in [-0.15, -0.1) is 0 Å². The summed E-state index contributed by atoms with van der Waals surface area (Å²) >= 11 is 6.63. The SMILES string of the molecule is O=C(OC12CC3CC(C1)CC(C(=O)Oc1ccc(S(=O)(=O)O)c(C4CCCCC4)c1)(C3)C2)c1cc(I)cc(I)c1I. The van der Waals surface area contributed by atoms with Crippen molar-refractivity contribution < 1.29 is 32.0 Å². The Hall–Kier alpha value is -0.520. The van der Waals surface area contributed by atoms with Crippen molar-refractivity contribution >= 4 is 89.8 Å². The Bertz CT molecular complexity index is 1500. The van der Waals surface area contributed by atoms with E-state index >= 15 is 0 Å². The second kappa shape index (κ2) is 11.4. The fourth-order valence-electron chi connectivity index (χ4n) is 8.27. The van der Waals surface area contributed by atoms with Gasteiger partial charge in [-0.1, -0.05) is 19.3 Å². The van der Waals surface area contributed by atoms with E-state index in [1.54, 1.807) is 6.07 Å². The third-order valence-corrected chi connectivity index (χ3v) is 14.1. The minimum atomic E-state index is -4.41. The summed E-state index contributed by atoms with van der Waals surface area (Å²) in [6.07, 6.45) is 9.16. The lowest BCUT2D eigenvalue weighted by atomic mass is 9.48. The minimum absolute atomic E-state index is 0.00605. The van der Waals surface area contributed by atoms with Crippen LogP contribution < -0.4 is 4.74 Å². The van der Waals surface area contributed by atoms with Crippen molar-refractivity contribution in [1.29, 1.82) is 0 Å². The largest absolute Gasteiger partial charge is 0.455 e. The zero-order valence-electron chi connectivity index (χ0n) is 22.3. The molecule has 2 atom stereocenters. The summed E-state index contributed by atoms with van der Waals surface area (Å²) in [4.78, 5) is 27.3. The van der Waals surface area contributed by atoms with Gasteiger partial charge in [-0.2, -0.15) is 8.42 Å². The van der Waals surface area contributed by atoms with Crippen LogP contribution in [0.2, 0.25) is 0 Å². The Morgan fingerprint density at radius 2 is 1.61 bits per heavy atom. The molecule has 7 rings (SSSR count). The van der Waals surface area contributed by atoms with Gasteiger partial charge in [0.15, 0.2) is 0 Å². The molecule has 2 aromatic rings. The van der Waals surface area contributed by atoms with Crippen LogP contribution in [0.5, 0.6) is 5.75 Å². The van der Waals surface area contributed by atoms with Gasteiger partial charge in [0.25, 0.3) is 10.1 Å². The zero-order valence-corrected chi connectivity index (χ0v) is 29.6. The van der Waals surface area contributed by atoms with Crippen LogP contribution in [0.25, 0.3) is 0 Å². The molecule has 2 aromatic carbocycles.